The first-order valence-electron chi connectivity index (χ1n) is 4.68. The van der Waals surface area contributed by atoms with Crippen molar-refractivity contribution in [1.29, 1.82) is 0 Å². The second-order valence-corrected chi connectivity index (χ2v) is 3.19. The highest BCUT2D eigenvalue weighted by atomic mass is 16.1. The van der Waals surface area contributed by atoms with Crippen LogP contribution in [0.25, 0.3) is 0 Å². The number of rotatable bonds is 5. The van der Waals surface area contributed by atoms with Crippen LogP contribution in [0.5, 0.6) is 0 Å². The predicted octanol–water partition coefficient (Wildman–Crippen LogP) is 1.45. The Hall–Kier alpha value is -1.45. The molecule has 0 aromatic carbocycles. The van der Waals surface area contributed by atoms with Gasteiger partial charge in [-0.3, -0.25) is 4.79 Å². The largest absolute Gasteiger partial charge is 0.328 e. The lowest BCUT2D eigenvalue weighted by Gasteiger charge is -2.02. The molecule has 0 aliphatic rings. The highest BCUT2D eigenvalue weighted by Gasteiger charge is 2.11. The summed E-state index contributed by atoms with van der Waals surface area (Å²) < 4.78 is 1.78. The number of aryl methyl sites for hydroxylation is 1. The SMILES string of the molecule is CCn1cncc1C(=O)CCC(C)=O. The number of hydrogen-bond acceptors (Lipinski definition) is 3. The molecular formula is C10H14N2O2. The second kappa shape index (κ2) is 4.69. The van der Waals surface area contributed by atoms with Gasteiger partial charge in [0.05, 0.1) is 12.5 Å². The van der Waals surface area contributed by atoms with Crippen LogP contribution >= 0.6 is 0 Å². The third kappa shape index (κ3) is 2.52. The van der Waals surface area contributed by atoms with E-state index in [1.807, 2.05) is 6.92 Å². The Kier molecular flexibility index (Phi) is 3.56. The minimum Gasteiger partial charge on any atom is -0.328 e. The summed E-state index contributed by atoms with van der Waals surface area (Å²) in [5.41, 5.74) is 0.591. The molecule has 0 unspecified atom stereocenters. The molecule has 76 valence electrons. The van der Waals surface area contributed by atoms with Crippen molar-refractivity contribution in [2.75, 3.05) is 0 Å². The van der Waals surface area contributed by atoms with Crippen LogP contribution < -0.4 is 0 Å². The van der Waals surface area contributed by atoms with E-state index in [1.54, 1.807) is 17.1 Å². The molecule has 1 heterocycles. The molecule has 14 heavy (non-hydrogen) atoms. The zero-order valence-corrected chi connectivity index (χ0v) is 8.49. The minimum atomic E-state index is -0.0143. The number of imidazole rings is 1. The van der Waals surface area contributed by atoms with Crippen molar-refractivity contribution < 1.29 is 9.59 Å². The molecule has 0 spiro atoms. The molecule has 4 nitrogen and oxygen atoms in total. The van der Waals surface area contributed by atoms with Gasteiger partial charge in [-0.25, -0.2) is 4.98 Å². The molecule has 1 aromatic rings. The first kappa shape index (κ1) is 10.6. The smallest absolute Gasteiger partial charge is 0.181 e. The summed E-state index contributed by atoms with van der Waals surface area (Å²) in [5.74, 6) is 0.0282. The number of nitrogens with zero attached hydrogens (tertiary/aromatic N) is 2. The summed E-state index contributed by atoms with van der Waals surface area (Å²) in [5, 5.41) is 0. The van der Waals surface area contributed by atoms with Gasteiger partial charge in [0.2, 0.25) is 0 Å². The van der Waals surface area contributed by atoms with Gasteiger partial charge < -0.3 is 9.36 Å². The standard InChI is InChI=1S/C10H14N2O2/c1-3-12-7-11-6-9(12)10(14)5-4-8(2)13/h6-7H,3-5H2,1-2H3. The van der Waals surface area contributed by atoms with Crippen LogP contribution in [0.3, 0.4) is 0 Å². The average Bonchev–Trinajstić information content (AvgIpc) is 2.61. The van der Waals surface area contributed by atoms with Crippen LogP contribution in [0.4, 0.5) is 0 Å². The molecule has 0 saturated heterocycles. The molecular weight excluding hydrogens is 180 g/mol. The zero-order chi connectivity index (χ0) is 10.6. The van der Waals surface area contributed by atoms with Crippen molar-refractivity contribution >= 4 is 11.6 Å². The molecule has 0 fully saturated rings. The maximum atomic E-state index is 11.6. The zero-order valence-electron chi connectivity index (χ0n) is 8.49. The van der Waals surface area contributed by atoms with Crippen molar-refractivity contribution in [2.45, 2.75) is 33.2 Å². The summed E-state index contributed by atoms with van der Waals surface area (Å²) in [6.45, 7) is 4.16. The van der Waals surface area contributed by atoms with Crippen LogP contribution in [0, 0.1) is 0 Å². The fourth-order valence-electron chi connectivity index (χ4n) is 1.22. The van der Waals surface area contributed by atoms with E-state index in [0.717, 1.165) is 6.54 Å². The van der Waals surface area contributed by atoms with Crippen molar-refractivity contribution in [3.05, 3.63) is 18.2 Å². The Balaban J connectivity index is 2.64. The summed E-state index contributed by atoms with van der Waals surface area (Å²) in [6.07, 6.45) is 3.77. The minimum absolute atomic E-state index is 0.0143. The van der Waals surface area contributed by atoms with Gasteiger partial charge in [-0.15, -0.1) is 0 Å². The lowest BCUT2D eigenvalue weighted by Crippen LogP contribution is -2.08. The molecule has 4 heteroatoms. The van der Waals surface area contributed by atoms with Crippen LogP contribution in [0.2, 0.25) is 0 Å². The van der Waals surface area contributed by atoms with Gasteiger partial charge in [-0.05, 0) is 13.8 Å². The van der Waals surface area contributed by atoms with Gasteiger partial charge in [-0.2, -0.15) is 0 Å². The Morgan fingerprint density at radius 3 is 2.71 bits per heavy atom. The van der Waals surface area contributed by atoms with Gasteiger partial charge in [0, 0.05) is 19.4 Å². The van der Waals surface area contributed by atoms with Crippen molar-refractivity contribution in [1.82, 2.24) is 9.55 Å². The van der Waals surface area contributed by atoms with Gasteiger partial charge in [-0.1, -0.05) is 0 Å². The predicted molar refractivity (Wildman–Crippen MR) is 52.1 cm³/mol. The van der Waals surface area contributed by atoms with Crippen molar-refractivity contribution in [2.24, 2.45) is 0 Å². The monoisotopic (exact) mass is 194 g/mol. The summed E-state index contributed by atoms with van der Waals surface area (Å²) in [7, 11) is 0. The lowest BCUT2D eigenvalue weighted by molar-refractivity contribution is -0.116. The maximum absolute atomic E-state index is 11.6. The fraction of sp³-hybridized carbons (Fsp3) is 0.500. The highest BCUT2D eigenvalue weighted by Crippen LogP contribution is 2.05. The van der Waals surface area contributed by atoms with E-state index >= 15 is 0 Å². The van der Waals surface area contributed by atoms with Crippen molar-refractivity contribution in [3.8, 4) is 0 Å². The Morgan fingerprint density at radius 2 is 2.14 bits per heavy atom. The van der Waals surface area contributed by atoms with E-state index in [1.165, 1.54) is 6.92 Å². The van der Waals surface area contributed by atoms with E-state index in [2.05, 4.69) is 4.98 Å². The first-order valence-corrected chi connectivity index (χ1v) is 4.68. The Morgan fingerprint density at radius 1 is 1.43 bits per heavy atom. The van der Waals surface area contributed by atoms with E-state index < -0.39 is 0 Å². The molecule has 0 amide bonds. The molecule has 1 rings (SSSR count). The van der Waals surface area contributed by atoms with E-state index in [0.29, 0.717) is 12.1 Å². The third-order valence-electron chi connectivity index (χ3n) is 2.04. The topological polar surface area (TPSA) is 52.0 Å². The maximum Gasteiger partial charge on any atom is 0.181 e. The average molecular weight is 194 g/mol. The lowest BCUT2D eigenvalue weighted by atomic mass is 10.1. The number of hydrogen-bond donors (Lipinski definition) is 0. The Bertz CT molecular complexity index is 342. The van der Waals surface area contributed by atoms with Gasteiger partial charge in [0.25, 0.3) is 0 Å². The van der Waals surface area contributed by atoms with E-state index in [4.69, 9.17) is 0 Å². The first-order chi connectivity index (χ1) is 6.65. The normalized spacial score (nSPS) is 10.1. The molecule has 0 N–H and O–H groups in total. The second-order valence-electron chi connectivity index (χ2n) is 3.19. The highest BCUT2D eigenvalue weighted by molar-refractivity contribution is 5.96. The molecule has 0 aliphatic carbocycles. The summed E-state index contributed by atoms with van der Waals surface area (Å²) in [4.78, 5) is 26.2. The van der Waals surface area contributed by atoms with Crippen LogP contribution in [0.15, 0.2) is 12.5 Å². The van der Waals surface area contributed by atoms with E-state index in [-0.39, 0.29) is 18.0 Å². The molecule has 0 bridgehead atoms. The van der Waals surface area contributed by atoms with E-state index in [9.17, 15) is 9.59 Å². The molecule has 0 aliphatic heterocycles. The molecule has 0 atom stereocenters. The number of aromatic nitrogens is 2. The Labute approximate surface area is 82.9 Å². The quantitative estimate of drug-likeness (QED) is 0.667. The number of Topliss-reactive ketones (excluding diaryl/α,β-unsaturated/α-hetero) is 2. The van der Waals surface area contributed by atoms with Crippen LogP contribution in [0.1, 0.15) is 37.2 Å². The number of ketones is 2. The van der Waals surface area contributed by atoms with Crippen LogP contribution in [-0.2, 0) is 11.3 Å². The summed E-state index contributed by atoms with van der Waals surface area (Å²) in [6, 6.07) is 0. The number of carbonyl (C=O) groups excluding carboxylic acids is 2. The van der Waals surface area contributed by atoms with Gasteiger partial charge >= 0.3 is 0 Å². The molecule has 0 saturated carbocycles. The number of carbonyl (C=O) groups is 2. The van der Waals surface area contributed by atoms with Crippen molar-refractivity contribution in [3.63, 3.8) is 0 Å². The molecule has 0 radical (unpaired) electrons. The third-order valence-corrected chi connectivity index (χ3v) is 2.04. The van der Waals surface area contributed by atoms with Gasteiger partial charge in [0.1, 0.15) is 11.5 Å². The fourth-order valence-corrected chi connectivity index (χ4v) is 1.22. The van der Waals surface area contributed by atoms with Crippen LogP contribution in [-0.4, -0.2) is 21.1 Å². The van der Waals surface area contributed by atoms with Gasteiger partial charge in [0.15, 0.2) is 5.78 Å². The summed E-state index contributed by atoms with van der Waals surface area (Å²) >= 11 is 0. The molecule has 1 aromatic heterocycles.